The quantitative estimate of drug-likeness (QED) is 0.586. The van der Waals surface area contributed by atoms with Gasteiger partial charge in [-0.2, -0.15) is 13.9 Å². The summed E-state index contributed by atoms with van der Waals surface area (Å²) in [6.07, 6.45) is 0. The molecule has 1 amide bonds. The molecule has 1 aliphatic rings. The van der Waals surface area contributed by atoms with Crippen LogP contribution in [0.2, 0.25) is 5.02 Å². The zero-order chi connectivity index (χ0) is 22.7. The van der Waals surface area contributed by atoms with Gasteiger partial charge >= 0.3 is 6.61 Å². The number of hydrogen-bond donors (Lipinski definition) is 1. The molecule has 0 unspecified atom stereocenters. The lowest BCUT2D eigenvalue weighted by atomic mass is 10.1. The molecule has 6 nitrogen and oxygen atoms in total. The van der Waals surface area contributed by atoms with E-state index in [-0.39, 0.29) is 17.5 Å². The number of carbonyl (C=O) groups excluding carboxylic acids is 1. The van der Waals surface area contributed by atoms with Crippen molar-refractivity contribution in [3.8, 4) is 17.0 Å². The molecular formula is C22H20ClF3N4O2. The number of alkyl halides is 2. The third-order valence-electron chi connectivity index (χ3n) is 5.29. The van der Waals surface area contributed by atoms with Crippen molar-refractivity contribution in [1.82, 2.24) is 20.0 Å². The highest BCUT2D eigenvalue weighted by Crippen LogP contribution is 2.24. The van der Waals surface area contributed by atoms with Gasteiger partial charge in [-0.05, 0) is 42.5 Å². The fourth-order valence-corrected chi connectivity index (χ4v) is 3.80. The molecule has 1 fully saturated rings. The van der Waals surface area contributed by atoms with Gasteiger partial charge in [0.25, 0.3) is 5.91 Å². The molecule has 2 heterocycles. The number of rotatable bonds is 6. The van der Waals surface area contributed by atoms with Crippen LogP contribution in [0, 0.1) is 5.82 Å². The number of hydrogen-bond acceptors (Lipinski definition) is 4. The van der Waals surface area contributed by atoms with Crippen LogP contribution < -0.4 is 4.74 Å². The van der Waals surface area contributed by atoms with Gasteiger partial charge in [0.2, 0.25) is 0 Å². The monoisotopic (exact) mass is 464 g/mol. The van der Waals surface area contributed by atoms with Crippen LogP contribution >= 0.6 is 11.6 Å². The molecular weight excluding hydrogens is 445 g/mol. The Balaban J connectivity index is 1.35. The van der Waals surface area contributed by atoms with E-state index in [1.807, 2.05) is 0 Å². The lowest BCUT2D eigenvalue weighted by Gasteiger charge is -2.34. The maximum absolute atomic E-state index is 14.0. The third-order valence-corrected chi connectivity index (χ3v) is 5.64. The second-order valence-corrected chi connectivity index (χ2v) is 7.75. The van der Waals surface area contributed by atoms with Gasteiger partial charge < -0.3 is 9.64 Å². The van der Waals surface area contributed by atoms with Gasteiger partial charge in [-0.1, -0.05) is 17.7 Å². The number of halogens is 4. The predicted molar refractivity (Wildman–Crippen MR) is 113 cm³/mol. The van der Waals surface area contributed by atoms with Gasteiger partial charge in [0.1, 0.15) is 17.3 Å². The average molecular weight is 465 g/mol. The first-order valence-corrected chi connectivity index (χ1v) is 10.3. The first-order chi connectivity index (χ1) is 15.4. The van der Waals surface area contributed by atoms with Gasteiger partial charge in [-0.25, -0.2) is 4.39 Å². The Kier molecular flexibility index (Phi) is 6.66. The van der Waals surface area contributed by atoms with E-state index in [0.29, 0.717) is 60.3 Å². The van der Waals surface area contributed by atoms with Gasteiger partial charge in [0.05, 0.1) is 5.69 Å². The summed E-state index contributed by atoms with van der Waals surface area (Å²) in [7, 11) is 0. The molecule has 1 aliphatic heterocycles. The topological polar surface area (TPSA) is 61.5 Å². The van der Waals surface area contributed by atoms with Crippen molar-refractivity contribution in [2.45, 2.75) is 13.2 Å². The van der Waals surface area contributed by atoms with Gasteiger partial charge in [-0.15, -0.1) is 0 Å². The van der Waals surface area contributed by atoms with Crippen LogP contribution in [0.25, 0.3) is 11.3 Å². The van der Waals surface area contributed by atoms with Crippen molar-refractivity contribution in [1.29, 1.82) is 0 Å². The zero-order valence-corrected chi connectivity index (χ0v) is 17.7. The molecule has 0 saturated carbocycles. The third kappa shape index (κ3) is 5.05. The smallest absolute Gasteiger partial charge is 0.387 e. The standard InChI is InChI=1S/C22H20ClF3N4O2/c23-17-2-1-3-18(24)16(17)13-29-8-10-30(11-9-29)21(31)20-12-19(27-28-20)14-4-6-15(7-5-14)32-22(25)26/h1-7,12,22H,8-11,13H2,(H,27,28). The SMILES string of the molecule is O=C(c1cc(-c2ccc(OC(F)F)cc2)n[nH]1)N1CCN(Cc2c(F)cccc2Cl)CC1. The average Bonchev–Trinajstić information content (AvgIpc) is 3.27. The maximum Gasteiger partial charge on any atom is 0.387 e. The first-order valence-electron chi connectivity index (χ1n) is 9.96. The van der Waals surface area contributed by atoms with E-state index in [1.54, 1.807) is 35.2 Å². The number of nitrogens with zero attached hydrogens (tertiary/aromatic N) is 3. The Hall–Kier alpha value is -3.04. The van der Waals surface area contributed by atoms with E-state index >= 15 is 0 Å². The van der Waals surface area contributed by atoms with E-state index in [4.69, 9.17) is 11.6 Å². The minimum atomic E-state index is -2.89. The summed E-state index contributed by atoms with van der Waals surface area (Å²) >= 11 is 6.11. The molecule has 0 spiro atoms. The summed E-state index contributed by atoms with van der Waals surface area (Å²) in [5.74, 6) is -0.482. The molecule has 2 aromatic carbocycles. The van der Waals surface area contributed by atoms with Crippen LogP contribution in [0.1, 0.15) is 16.1 Å². The molecule has 0 radical (unpaired) electrons. The van der Waals surface area contributed by atoms with Crippen molar-refractivity contribution >= 4 is 17.5 Å². The Morgan fingerprint density at radius 2 is 1.84 bits per heavy atom. The highest BCUT2D eigenvalue weighted by molar-refractivity contribution is 6.31. The number of H-pyrrole nitrogens is 1. The lowest BCUT2D eigenvalue weighted by Crippen LogP contribution is -2.48. The highest BCUT2D eigenvalue weighted by Gasteiger charge is 2.24. The van der Waals surface area contributed by atoms with Crippen LogP contribution in [0.4, 0.5) is 13.2 Å². The number of piperazine rings is 1. The predicted octanol–water partition coefficient (Wildman–Crippen LogP) is 4.43. The van der Waals surface area contributed by atoms with Crippen LogP contribution in [-0.4, -0.2) is 58.7 Å². The van der Waals surface area contributed by atoms with E-state index in [2.05, 4.69) is 19.8 Å². The number of aromatic nitrogens is 2. The van der Waals surface area contributed by atoms with Gasteiger partial charge in [0, 0.05) is 48.9 Å². The molecule has 10 heteroatoms. The molecule has 0 bridgehead atoms. The summed E-state index contributed by atoms with van der Waals surface area (Å²) in [4.78, 5) is 16.6. The second-order valence-electron chi connectivity index (χ2n) is 7.34. The molecule has 168 valence electrons. The Labute approximate surface area is 187 Å². The Bertz CT molecular complexity index is 1060. The minimum Gasteiger partial charge on any atom is -0.435 e. The van der Waals surface area contributed by atoms with E-state index in [9.17, 15) is 18.0 Å². The number of nitrogens with one attached hydrogen (secondary N) is 1. The van der Waals surface area contributed by atoms with Crippen LogP contribution in [0.15, 0.2) is 48.5 Å². The zero-order valence-electron chi connectivity index (χ0n) is 16.9. The summed E-state index contributed by atoms with van der Waals surface area (Å²) in [6, 6.07) is 12.3. The fraction of sp³-hybridized carbons (Fsp3) is 0.273. The molecule has 1 aromatic heterocycles. The van der Waals surface area contributed by atoms with Crippen LogP contribution in [-0.2, 0) is 6.54 Å². The molecule has 32 heavy (non-hydrogen) atoms. The van der Waals surface area contributed by atoms with Crippen molar-refractivity contribution in [2.75, 3.05) is 26.2 Å². The summed E-state index contributed by atoms with van der Waals surface area (Å²) < 4.78 is 42.9. The molecule has 4 rings (SSSR count). The number of aromatic amines is 1. The van der Waals surface area contributed by atoms with Crippen LogP contribution in [0.3, 0.4) is 0 Å². The number of carbonyl (C=O) groups is 1. The van der Waals surface area contributed by atoms with Crippen molar-refractivity contribution in [3.63, 3.8) is 0 Å². The highest BCUT2D eigenvalue weighted by atomic mass is 35.5. The molecule has 1 N–H and O–H groups in total. The molecule has 3 aromatic rings. The molecule has 0 aliphatic carbocycles. The lowest BCUT2D eigenvalue weighted by molar-refractivity contribution is -0.0498. The van der Waals surface area contributed by atoms with Crippen molar-refractivity contribution < 1.29 is 22.7 Å². The van der Waals surface area contributed by atoms with Gasteiger partial charge in [0.15, 0.2) is 0 Å². The largest absolute Gasteiger partial charge is 0.435 e. The van der Waals surface area contributed by atoms with E-state index in [1.165, 1.54) is 18.2 Å². The van der Waals surface area contributed by atoms with E-state index in [0.717, 1.165) is 0 Å². The van der Waals surface area contributed by atoms with E-state index < -0.39 is 6.61 Å². The maximum atomic E-state index is 14.0. The minimum absolute atomic E-state index is 0.0464. The fourth-order valence-electron chi connectivity index (χ4n) is 3.57. The second kappa shape index (κ2) is 9.62. The molecule has 1 saturated heterocycles. The first kappa shape index (κ1) is 22.2. The van der Waals surface area contributed by atoms with Gasteiger partial charge in [-0.3, -0.25) is 14.8 Å². The van der Waals surface area contributed by atoms with Crippen molar-refractivity contribution in [3.05, 3.63) is 70.6 Å². The normalized spacial score (nSPS) is 14.7. The summed E-state index contributed by atoms with van der Waals surface area (Å²) in [5.41, 5.74) is 1.97. The Morgan fingerprint density at radius 1 is 1.12 bits per heavy atom. The Morgan fingerprint density at radius 3 is 2.50 bits per heavy atom. The number of amides is 1. The molecule has 0 atom stereocenters. The van der Waals surface area contributed by atoms with Crippen LogP contribution in [0.5, 0.6) is 5.75 Å². The number of ether oxygens (including phenoxy) is 1. The van der Waals surface area contributed by atoms with Crippen molar-refractivity contribution in [2.24, 2.45) is 0 Å². The number of benzene rings is 2. The summed E-state index contributed by atoms with van der Waals surface area (Å²) in [5, 5.41) is 7.29. The summed E-state index contributed by atoms with van der Waals surface area (Å²) in [6.45, 7) is -0.365.